The summed E-state index contributed by atoms with van der Waals surface area (Å²) >= 11 is 4.93. The second-order valence-electron chi connectivity index (χ2n) is 3.80. The van der Waals surface area contributed by atoms with Crippen molar-refractivity contribution in [3.63, 3.8) is 0 Å². The maximum absolute atomic E-state index is 11.7. The van der Waals surface area contributed by atoms with Crippen LogP contribution < -0.4 is 5.43 Å². The summed E-state index contributed by atoms with van der Waals surface area (Å²) in [4.78, 5) is 11.7. The van der Waals surface area contributed by atoms with Gasteiger partial charge in [-0.3, -0.25) is 4.79 Å². The maximum atomic E-state index is 11.7. The third-order valence-electron chi connectivity index (χ3n) is 2.42. The van der Waals surface area contributed by atoms with E-state index in [-0.39, 0.29) is 5.91 Å². The fourth-order valence-corrected chi connectivity index (χ4v) is 1.83. The number of rotatable bonds is 3. The van der Waals surface area contributed by atoms with E-state index in [1.54, 1.807) is 61.2 Å². The van der Waals surface area contributed by atoms with Crippen molar-refractivity contribution in [1.29, 1.82) is 0 Å². The molecule has 0 spiro atoms. The molecule has 112 valence electrons. The van der Waals surface area contributed by atoms with Crippen LogP contribution in [-0.2, 0) is 18.8 Å². The zero-order chi connectivity index (χ0) is 15.7. The van der Waals surface area contributed by atoms with Gasteiger partial charge in [-0.25, -0.2) is 5.43 Å². The molecule has 0 aromatic heterocycles. The van der Waals surface area contributed by atoms with Crippen LogP contribution in [0.1, 0.15) is 15.9 Å². The van der Waals surface area contributed by atoms with Crippen molar-refractivity contribution in [2.45, 2.75) is 0 Å². The quantitative estimate of drug-likeness (QED) is 0.356. The molecule has 7 heteroatoms. The number of hydrazone groups is 1. The molecule has 0 unspecified atom stereocenters. The second-order valence-corrected chi connectivity index (χ2v) is 4.71. The predicted molar refractivity (Wildman–Crippen MR) is 84.6 cm³/mol. The van der Waals surface area contributed by atoms with Crippen molar-refractivity contribution in [1.82, 2.24) is 5.43 Å². The van der Waals surface area contributed by atoms with Gasteiger partial charge >= 0.3 is 28.2 Å². The standard InChI is InChI=1S/C14H11BrN2O2.ClH.Pt/c15-12-6-7-13(18)11(8-12)9-16-17-14(19)10-4-2-1-3-5-10;;/h1-9,18H,(H,17,19);1H;/q;;+2. The number of nitrogens with one attached hydrogen (secondary N) is 1. The summed E-state index contributed by atoms with van der Waals surface area (Å²) in [6.07, 6.45) is 1.45. The van der Waals surface area contributed by atoms with E-state index in [1.165, 1.54) is 6.21 Å². The van der Waals surface area contributed by atoms with Crippen molar-refractivity contribution in [3.05, 3.63) is 64.1 Å². The summed E-state index contributed by atoms with van der Waals surface area (Å²) in [6.45, 7) is 0. The van der Waals surface area contributed by atoms with Crippen molar-refractivity contribution in [2.75, 3.05) is 0 Å². The zero-order valence-corrected chi connectivity index (χ0v) is 15.2. The summed E-state index contributed by atoms with van der Waals surface area (Å²) in [7, 11) is 4.61. The molecule has 0 heterocycles. The zero-order valence-electron chi connectivity index (χ0n) is 10.6. The van der Waals surface area contributed by atoms with Crippen LogP contribution in [0.5, 0.6) is 5.75 Å². The molecule has 3 N–H and O–H groups in total. The molecule has 2 rings (SSSR count). The van der Waals surface area contributed by atoms with Gasteiger partial charge in [-0.15, -0.1) is 0 Å². The Balaban J connectivity index is 0.00000106. The van der Waals surface area contributed by atoms with Crippen LogP contribution in [0, 0.1) is 0 Å². The van der Waals surface area contributed by atoms with Crippen LogP contribution in [0.4, 0.5) is 0 Å². The first-order valence-electron chi connectivity index (χ1n) is 5.68. The molecular weight excluding hydrogens is 539 g/mol. The molecule has 0 aliphatic carbocycles. The number of carbonyl (C=O) groups excluding carboxylic acids is 1. The molecule has 2 aromatic carbocycles. The topological polar surface area (TPSA) is 64.4 Å². The average molecular weight is 551 g/mol. The van der Waals surface area contributed by atoms with Gasteiger partial charge in [0.05, 0.1) is 11.8 Å². The minimum atomic E-state index is -0.279. The van der Waals surface area contributed by atoms with Crippen molar-refractivity contribution in [2.24, 2.45) is 5.10 Å². The number of amides is 1. The van der Waals surface area contributed by atoms with Gasteiger partial charge in [0.2, 0.25) is 0 Å². The van der Waals surface area contributed by atoms with E-state index >= 15 is 0 Å². The Labute approximate surface area is 146 Å². The van der Waals surface area contributed by atoms with E-state index in [1.807, 2.05) is 6.07 Å². The summed E-state index contributed by atoms with van der Waals surface area (Å²) in [5.74, 6) is 0.0688. The predicted octanol–water partition coefficient (Wildman–Crippen LogP) is 3.34. The van der Waals surface area contributed by atoms with Gasteiger partial charge in [-0.2, -0.15) is 5.10 Å². The minimum absolute atomic E-state index is 0.279. The van der Waals surface area contributed by atoms with Crippen LogP contribution in [0.2, 0.25) is 0 Å². The molecule has 0 saturated carbocycles. The number of benzene rings is 2. The summed E-state index contributed by atoms with van der Waals surface area (Å²) in [5, 5.41) is 11.5. The number of nitrogens with zero attached hydrogens (tertiary/aromatic N) is 1. The van der Waals surface area contributed by atoms with Gasteiger partial charge in [0.15, 0.2) is 0 Å². The van der Waals surface area contributed by atoms with E-state index in [4.69, 9.17) is 5.11 Å². The number of carbonyl (C=O) groups is 1. The van der Waals surface area contributed by atoms with Crippen LogP contribution >= 0.6 is 25.3 Å². The fourth-order valence-electron chi connectivity index (χ4n) is 1.45. The van der Waals surface area contributed by atoms with Crippen molar-refractivity contribution < 1.29 is 28.7 Å². The Kier molecular flexibility index (Phi) is 8.28. The van der Waals surface area contributed by atoms with E-state index < -0.39 is 0 Å². The van der Waals surface area contributed by atoms with Gasteiger partial charge in [0, 0.05) is 16.1 Å². The Morgan fingerprint density at radius 2 is 1.90 bits per heavy atom. The van der Waals surface area contributed by atoms with Gasteiger partial charge in [-0.05, 0) is 24.3 Å². The third-order valence-corrected chi connectivity index (χ3v) is 2.91. The van der Waals surface area contributed by atoms with Crippen molar-refractivity contribution in [3.8, 4) is 5.75 Å². The molecule has 1 amide bonds. The molecule has 0 saturated heterocycles. The van der Waals surface area contributed by atoms with Crippen LogP contribution in [0.15, 0.2) is 58.1 Å². The third kappa shape index (κ3) is 6.00. The van der Waals surface area contributed by atoms with Gasteiger partial charge in [0.1, 0.15) is 0 Å². The van der Waals surface area contributed by atoms with E-state index in [0.29, 0.717) is 16.9 Å². The molecule has 0 aliphatic heterocycles. The van der Waals surface area contributed by atoms with E-state index in [9.17, 15) is 4.79 Å². The SMILES string of the molecule is O=C(NN=Cc1cc(Br)ccc1[OH2+])c1ccccc1.[Cl][Pt+]. The molecule has 0 aliphatic rings. The molecule has 0 fully saturated rings. The van der Waals surface area contributed by atoms with Crippen molar-refractivity contribution >= 4 is 37.5 Å². The number of halogens is 2. The Morgan fingerprint density at radius 1 is 1.24 bits per heavy atom. The first kappa shape index (κ1) is 17.9. The van der Waals surface area contributed by atoms with E-state index in [2.05, 4.69) is 35.9 Å². The molecule has 4 nitrogen and oxygen atoms in total. The molecule has 0 radical (unpaired) electrons. The second kappa shape index (κ2) is 9.72. The Hall–Kier alpha value is -1.16. The molecule has 0 bridgehead atoms. The number of hydrogen-bond acceptors (Lipinski definition) is 2. The summed E-state index contributed by atoms with van der Waals surface area (Å²) in [5.41, 5.74) is 3.60. The normalized spacial score (nSPS) is 9.90. The monoisotopic (exact) mass is 549 g/mol. The summed E-state index contributed by atoms with van der Waals surface area (Å²) in [6, 6.07) is 14.0. The number of hydrogen-bond donors (Lipinski definition) is 1. The van der Waals surface area contributed by atoms with Crippen LogP contribution in [0.3, 0.4) is 0 Å². The molecular formula is C14H12BrClN2O2Pt+2. The fraction of sp³-hybridized carbons (Fsp3) is 0. The van der Waals surface area contributed by atoms with Crippen LogP contribution in [0.25, 0.3) is 0 Å². The molecule has 21 heavy (non-hydrogen) atoms. The van der Waals surface area contributed by atoms with Gasteiger partial charge in [-0.1, -0.05) is 34.1 Å². The first-order chi connectivity index (χ1) is 10.2. The average Bonchev–Trinajstić information content (AvgIpc) is 2.53. The Bertz CT molecular complexity index is 624. The molecule has 2 aromatic rings. The Morgan fingerprint density at radius 3 is 2.57 bits per heavy atom. The summed E-state index contributed by atoms with van der Waals surface area (Å²) < 4.78 is 0.860. The first-order valence-corrected chi connectivity index (χ1v) is 9.29. The van der Waals surface area contributed by atoms with E-state index in [0.717, 1.165) is 4.47 Å². The van der Waals surface area contributed by atoms with Gasteiger partial charge < -0.3 is 5.11 Å². The molecule has 0 atom stereocenters. The van der Waals surface area contributed by atoms with Crippen LogP contribution in [-0.4, -0.2) is 17.2 Å². The van der Waals surface area contributed by atoms with Gasteiger partial charge in [0.25, 0.3) is 11.7 Å².